The molecule has 0 amide bonds. The van der Waals surface area contributed by atoms with Gasteiger partial charge in [-0.3, -0.25) is 5.01 Å². The van der Waals surface area contributed by atoms with Gasteiger partial charge in [0.15, 0.2) is 0 Å². The highest BCUT2D eigenvalue weighted by atomic mass is 35.5. The number of hydrogen-bond donors (Lipinski definition) is 1. The molecular weight excluding hydrogens is 295 g/mol. The Morgan fingerprint density at radius 3 is 2.50 bits per heavy atom. The number of nitrogens with zero attached hydrogens (tertiary/aromatic N) is 2. The second-order valence-corrected chi connectivity index (χ2v) is 4.16. The van der Waals surface area contributed by atoms with Crippen molar-refractivity contribution in [2.24, 2.45) is 10.8 Å². The van der Waals surface area contributed by atoms with E-state index in [1.165, 1.54) is 19.2 Å². The molecule has 1 aromatic rings. The van der Waals surface area contributed by atoms with Crippen LogP contribution in [-0.2, 0) is 4.79 Å². The fourth-order valence-corrected chi connectivity index (χ4v) is 1.90. The van der Waals surface area contributed by atoms with Crippen LogP contribution in [0, 0.1) is 0 Å². The van der Waals surface area contributed by atoms with Crippen LogP contribution >= 0.6 is 11.6 Å². The van der Waals surface area contributed by atoms with Gasteiger partial charge in [-0.15, -0.1) is 0 Å². The van der Waals surface area contributed by atoms with Crippen LogP contribution in [0.4, 0.5) is 18.9 Å². The van der Waals surface area contributed by atoms with Gasteiger partial charge in [0.05, 0.1) is 10.7 Å². The van der Waals surface area contributed by atoms with Gasteiger partial charge in [0.1, 0.15) is 18.0 Å². The first-order valence-electron chi connectivity index (χ1n) is 5.65. The van der Waals surface area contributed by atoms with Crippen LogP contribution in [0.15, 0.2) is 29.4 Å². The molecule has 0 aliphatic carbocycles. The molecule has 0 saturated carbocycles. The highest BCUT2D eigenvalue weighted by molar-refractivity contribution is 6.33. The summed E-state index contributed by atoms with van der Waals surface area (Å²) in [6, 6.07) is 5.33. The van der Waals surface area contributed by atoms with Crippen molar-refractivity contribution in [3.63, 3.8) is 0 Å². The Hall–Kier alpha value is -1.60. The molecular formula is C12H13ClF3N3O. The molecule has 110 valence electrons. The third-order valence-corrected chi connectivity index (χ3v) is 2.85. The second kappa shape index (κ2) is 6.71. The lowest BCUT2D eigenvalue weighted by Crippen LogP contribution is -2.28. The molecule has 2 N–H and O–H groups in total. The Bertz CT molecular complexity index is 505. The molecule has 0 spiro atoms. The topological polar surface area (TPSA) is 58.7 Å². The van der Waals surface area contributed by atoms with E-state index < -0.39 is 24.4 Å². The van der Waals surface area contributed by atoms with Gasteiger partial charge in [-0.1, -0.05) is 23.7 Å². The van der Waals surface area contributed by atoms with Crippen LogP contribution < -0.4 is 10.7 Å². The van der Waals surface area contributed by atoms with Crippen molar-refractivity contribution in [2.75, 3.05) is 12.1 Å². The van der Waals surface area contributed by atoms with Crippen molar-refractivity contribution >= 4 is 29.3 Å². The third-order valence-electron chi connectivity index (χ3n) is 2.53. The SMILES string of the molecule is CN.O=CC1CC(C(F)(F)F)=NN1c1ccccc1Cl. The molecule has 1 aliphatic heterocycles. The first kappa shape index (κ1) is 16.5. The van der Waals surface area contributed by atoms with Crippen molar-refractivity contribution in [3.05, 3.63) is 29.3 Å². The summed E-state index contributed by atoms with van der Waals surface area (Å²) in [4.78, 5) is 10.8. The summed E-state index contributed by atoms with van der Waals surface area (Å²) in [6.45, 7) is 0. The minimum absolute atomic E-state index is 0.247. The number of anilines is 1. The van der Waals surface area contributed by atoms with E-state index in [0.717, 1.165) is 5.01 Å². The van der Waals surface area contributed by atoms with E-state index in [-0.39, 0.29) is 10.7 Å². The van der Waals surface area contributed by atoms with Crippen molar-refractivity contribution in [1.29, 1.82) is 0 Å². The average Bonchev–Trinajstić information content (AvgIpc) is 2.85. The first-order chi connectivity index (χ1) is 9.43. The lowest BCUT2D eigenvalue weighted by atomic mass is 10.1. The second-order valence-electron chi connectivity index (χ2n) is 3.75. The van der Waals surface area contributed by atoms with E-state index in [1.54, 1.807) is 12.1 Å². The van der Waals surface area contributed by atoms with Crippen LogP contribution in [0.1, 0.15) is 6.42 Å². The minimum Gasteiger partial charge on any atom is -0.333 e. The Balaban J connectivity index is 0.000000956. The molecule has 4 nitrogen and oxygen atoms in total. The number of aldehydes is 1. The van der Waals surface area contributed by atoms with Crippen molar-refractivity contribution < 1.29 is 18.0 Å². The van der Waals surface area contributed by atoms with Gasteiger partial charge >= 0.3 is 6.18 Å². The Labute approximate surface area is 119 Å². The zero-order valence-corrected chi connectivity index (χ0v) is 11.3. The van der Waals surface area contributed by atoms with Gasteiger partial charge in [-0.2, -0.15) is 18.3 Å². The van der Waals surface area contributed by atoms with Crippen LogP contribution in [0.5, 0.6) is 0 Å². The van der Waals surface area contributed by atoms with Gasteiger partial charge in [-0.05, 0) is 19.2 Å². The summed E-state index contributed by atoms with van der Waals surface area (Å²) in [5, 5.41) is 4.71. The fraction of sp³-hybridized carbons (Fsp3) is 0.333. The molecule has 1 atom stereocenters. The van der Waals surface area contributed by atoms with Crippen molar-refractivity contribution in [1.82, 2.24) is 0 Å². The van der Waals surface area contributed by atoms with Crippen LogP contribution in [0.3, 0.4) is 0 Å². The molecule has 8 heteroatoms. The quantitative estimate of drug-likeness (QED) is 0.854. The van der Waals surface area contributed by atoms with Gasteiger partial charge in [0.2, 0.25) is 0 Å². The van der Waals surface area contributed by atoms with E-state index in [2.05, 4.69) is 10.8 Å². The Morgan fingerprint density at radius 2 is 2.00 bits per heavy atom. The molecule has 1 aliphatic rings. The smallest absolute Gasteiger partial charge is 0.333 e. The maximum absolute atomic E-state index is 12.6. The number of benzene rings is 1. The van der Waals surface area contributed by atoms with Crippen LogP contribution in [-0.4, -0.2) is 31.3 Å². The predicted octanol–water partition coefficient (Wildman–Crippen LogP) is 2.61. The first-order valence-corrected chi connectivity index (χ1v) is 6.02. The minimum atomic E-state index is -4.53. The summed E-state index contributed by atoms with van der Waals surface area (Å²) in [6.07, 6.45) is -4.55. The number of nitrogens with two attached hydrogens (primary N) is 1. The number of alkyl halides is 3. The van der Waals surface area contributed by atoms with Crippen LogP contribution in [0.25, 0.3) is 0 Å². The molecule has 1 aromatic carbocycles. The third kappa shape index (κ3) is 3.49. The zero-order valence-electron chi connectivity index (χ0n) is 10.6. The average molecular weight is 308 g/mol. The zero-order chi connectivity index (χ0) is 15.3. The molecule has 0 saturated heterocycles. The Morgan fingerprint density at radius 1 is 1.40 bits per heavy atom. The van der Waals surface area contributed by atoms with Gasteiger partial charge < -0.3 is 10.5 Å². The lowest BCUT2D eigenvalue weighted by Gasteiger charge is -2.19. The maximum Gasteiger partial charge on any atom is 0.431 e. The highest BCUT2D eigenvalue weighted by Crippen LogP contribution is 2.34. The fourth-order valence-electron chi connectivity index (χ4n) is 1.68. The number of carbonyl (C=O) groups is 1. The summed E-state index contributed by atoms with van der Waals surface area (Å²) in [5.41, 5.74) is 3.81. The molecule has 0 fully saturated rings. The summed E-state index contributed by atoms with van der Waals surface area (Å²) >= 11 is 5.88. The molecule has 0 aromatic heterocycles. The van der Waals surface area contributed by atoms with Gasteiger partial charge in [-0.25, -0.2) is 0 Å². The molecule has 1 heterocycles. The number of para-hydroxylation sites is 1. The Kier molecular flexibility index (Phi) is 5.52. The van der Waals surface area contributed by atoms with E-state index in [4.69, 9.17) is 11.6 Å². The number of hydrogen-bond acceptors (Lipinski definition) is 4. The van der Waals surface area contributed by atoms with Crippen molar-refractivity contribution in [2.45, 2.75) is 18.6 Å². The van der Waals surface area contributed by atoms with E-state index in [1.807, 2.05) is 0 Å². The molecule has 0 radical (unpaired) electrons. The maximum atomic E-state index is 12.6. The van der Waals surface area contributed by atoms with Gasteiger partial charge in [0, 0.05) is 6.42 Å². The van der Waals surface area contributed by atoms with E-state index >= 15 is 0 Å². The monoisotopic (exact) mass is 307 g/mol. The number of halogens is 4. The summed E-state index contributed by atoms with van der Waals surface area (Å²) in [7, 11) is 1.50. The molecule has 2 rings (SSSR count). The number of carbonyl (C=O) groups excluding carboxylic acids is 1. The highest BCUT2D eigenvalue weighted by Gasteiger charge is 2.43. The van der Waals surface area contributed by atoms with Gasteiger partial charge in [0.25, 0.3) is 0 Å². The summed E-state index contributed by atoms with van der Waals surface area (Å²) < 4.78 is 37.7. The normalized spacial score (nSPS) is 18.2. The lowest BCUT2D eigenvalue weighted by molar-refractivity contribution is -0.108. The van der Waals surface area contributed by atoms with Crippen molar-refractivity contribution in [3.8, 4) is 0 Å². The molecule has 0 bridgehead atoms. The van der Waals surface area contributed by atoms with Crippen LogP contribution in [0.2, 0.25) is 5.02 Å². The molecule has 1 unspecified atom stereocenters. The van der Waals surface area contributed by atoms with E-state index in [0.29, 0.717) is 6.29 Å². The molecule has 20 heavy (non-hydrogen) atoms. The van der Waals surface area contributed by atoms with E-state index in [9.17, 15) is 18.0 Å². The number of hydrazone groups is 1. The predicted molar refractivity (Wildman–Crippen MR) is 72.0 cm³/mol. The number of rotatable bonds is 2. The largest absolute Gasteiger partial charge is 0.431 e. The summed E-state index contributed by atoms with van der Waals surface area (Å²) in [5.74, 6) is 0. The standard InChI is InChI=1S/C11H8ClF3N2O.CH5N/c12-8-3-1-2-4-9(8)17-7(6-18)5-10(16-17)11(13,14)15;1-2/h1-4,6-7H,5H2;2H2,1H3.